The lowest BCUT2D eigenvalue weighted by atomic mass is 10.1. The van der Waals surface area contributed by atoms with E-state index >= 15 is 0 Å². The molecule has 0 atom stereocenters. The molecule has 0 aliphatic heterocycles. The molecule has 0 saturated carbocycles. The summed E-state index contributed by atoms with van der Waals surface area (Å²) in [6, 6.07) is 13.4. The van der Waals surface area contributed by atoms with Crippen LogP contribution in [0, 0.1) is 0 Å². The topological polar surface area (TPSA) is 61.9 Å². The Bertz CT molecular complexity index is 1020. The number of aliphatic imine (C=N–C) groups is 2. The van der Waals surface area contributed by atoms with Gasteiger partial charge in [-0.15, -0.1) is 0 Å². The quantitative estimate of drug-likeness (QED) is 0.386. The van der Waals surface area contributed by atoms with Crippen LogP contribution in [0.15, 0.2) is 50.8 Å². The summed E-state index contributed by atoms with van der Waals surface area (Å²) in [5.74, 6) is 1.74. The van der Waals surface area contributed by atoms with Crippen LogP contribution in [0.5, 0.6) is 0 Å². The maximum absolute atomic E-state index is 6.56. The second-order valence-corrected chi connectivity index (χ2v) is 9.21. The highest BCUT2D eigenvalue weighted by atomic mass is 16.3. The lowest BCUT2D eigenvalue weighted by molar-refractivity contribution is 0.662. The van der Waals surface area contributed by atoms with E-state index in [4.69, 9.17) is 14.4 Å². The van der Waals surface area contributed by atoms with Gasteiger partial charge in [-0.05, 0) is 67.5 Å². The normalized spacial score (nSPS) is 13.4. The molecule has 0 spiro atoms. The van der Waals surface area contributed by atoms with E-state index in [0.29, 0.717) is 0 Å². The zero-order chi connectivity index (χ0) is 22.7. The van der Waals surface area contributed by atoms with E-state index in [-0.39, 0.29) is 24.2 Å². The monoisotopic (exact) mass is 420 g/mol. The molecule has 5 nitrogen and oxygen atoms in total. The Hall–Kier alpha value is -2.82. The van der Waals surface area contributed by atoms with Gasteiger partial charge in [0.05, 0.1) is 11.1 Å². The SMILES string of the molecule is CC(C)N=C(NC(C)C)c1cccc2c1oc1c(C(=NC(C)C)NC(C)C)cccc12. The molecule has 1 heterocycles. The first-order chi connectivity index (χ1) is 14.7. The van der Waals surface area contributed by atoms with Gasteiger partial charge >= 0.3 is 0 Å². The number of nitrogens with zero attached hydrogens (tertiary/aromatic N) is 2. The molecule has 0 unspecified atom stereocenters. The first-order valence-electron chi connectivity index (χ1n) is 11.3. The van der Waals surface area contributed by atoms with Crippen molar-refractivity contribution in [1.82, 2.24) is 10.6 Å². The highest BCUT2D eigenvalue weighted by molar-refractivity contribution is 6.18. The van der Waals surface area contributed by atoms with Crippen molar-refractivity contribution in [3.8, 4) is 0 Å². The van der Waals surface area contributed by atoms with E-state index in [1.54, 1.807) is 0 Å². The fourth-order valence-corrected chi connectivity index (χ4v) is 3.63. The number of fused-ring (bicyclic) bond motifs is 3. The van der Waals surface area contributed by atoms with E-state index in [9.17, 15) is 0 Å². The van der Waals surface area contributed by atoms with E-state index < -0.39 is 0 Å². The van der Waals surface area contributed by atoms with Crippen molar-refractivity contribution >= 4 is 33.6 Å². The van der Waals surface area contributed by atoms with Gasteiger partial charge in [-0.25, -0.2) is 0 Å². The number of benzene rings is 2. The Kier molecular flexibility index (Phi) is 7.04. The predicted octanol–water partition coefficient (Wildman–Crippen LogP) is 5.89. The van der Waals surface area contributed by atoms with Crippen LogP contribution in [0.4, 0.5) is 0 Å². The molecule has 3 rings (SSSR count). The number of hydrogen-bond donors (Lipinski definition) is 2. The van der Waals surface area contributed by atoms with Crippen LogP contribution in [-0.2, 0) is 0 Å². The van der Waals surface area contributed by atoms with Crippen LogP contribution in [0.2, 0.25) is 0 Å². The fraction of sp³-hybridized carbons (Fsp3) is 0.462. The molecule has 0 saturated heterocycles. The van der Waals surface area contributed by atoms with Gasteiger partial charge in [0.15, 0.2) is 0 Å². The number of hydrogen-bond acceptors (Lipinski definition) is 3. The lowest BCUT2D eigenvalue weighted by Gasteiger charge is -2.15. The van der Waals surface area contributed by atoms with Gasteiger partial charge in [-0.3, -0.25) is 9.98 Å². The van der Waals surface area contributed by atoms with Crippen LogP contribution in [-0.4, -0.2) is 35.8 Å². The van der Waals surface area contributed by atoms with Crippen molar-refractivity contribution in [2.45, 2.75) is 79.6 Å². The molecule has 3 aromatic rings. The molecule has 0 aliphatic carbocycles. The highest BCUT2D eigenvalue weighted by Crippen LogP contribution is 2.33. The number of rotatable bonds is 6. The van der Waals surface area contributed by atoms with Gasteiger partial charge in [0, 0.05) is 34.9 Å². The smallest absolute Gasteiger partial charge is 0.146 e. The second-order valence-electron chi connectivity index (χ2n) is 9.21. The summed E-state index contributed by atoms with van der Waals surface area (Å²) in [6.45, 7) is 16.8. The summed E-state index contributed by atoms with van der Waals surface area (Å²) in [7, 11) is 0. The number of para-hydroxylation sites is 2. The summed E-state index contributed by atoms with van der Waals surface area (Å²) in [5.41, 5.74) is 3.68. The summed E-state index contributed by atoms with van der Waals surface area (Å²) in [6.07, 6.45) is 0. The van der Waals surface area contributed by atoms with Crippen molar-refractivity contribution < 1.29 is 4.42 Å². The molecule has 0 bridgehead atoms. The Labute approximate surface area is 186 Å². The van der Waals surface area contributed by atoms with Crippen molar-refractivity contribution in [2.75, 3.05) is 0 Å². The molecule has 0 radical (unpaired) electrons. The zero-order valence-corrected chi connectivity index (χ0v) is 20.1. The average Bonchev–Trinajstić information content (AvgIpc) is 3.04. The second kappa shape index (κ2) is 9.54. The Morgan fingerprint density at radius 2 is 1.03 bits per heavy atom. The molecule has 5 heteroatoms. The lowest BCUT2D eigenvalue weighted by Crippen LogP contribution is -2.32. The van der Waals surface area contributed by atoms with E-state index in [0.717, 1.165) is 44.7 Å². The maximum atomic E-state index is 6.56. The molecular formula is C26H36N4O. The first-order valence-corrected chi connectivity index (χ1v) is 11.3. The largest absolute Gasteiger partial charge is 0.455 e. The number of amidine groups is 2. The van der Waals surface area contributed by atoms with Gasteiger partial charge in [-0.2, -0.15) is 0 Å². The van der Waals surface area contributed by atoms with Gasteiger partial charge in [0.2, 0.25) is 0 Å². The first kappa shape index (κ1) is 22.9. The fourth-order valence-electron chi connectivity index (χ4n) is 3.63. The molecule has 2 N–H and O–H groups in total. The van der Waals surface area contributed by atoms with Gasteiger partial charge in [-0.1, -0.05) is 24.3 Å². The van der Waals surface area contributed by atoms with E-state index in [2.05, 4.69) is 102 Å². The zero-order valence-electron chi connectivity index (χ0n) is 20.1. The Morgan fingerprint density at radius 3 is 1.35 bits per heavy atom. The molecular weight excluding hydrogens is 384 g/mol. The van der Waals surface area contributed by atoms with Crippen LogP contribution in [0.3, 0.4) is 0 Å². The molecule has 0 fully saturated rings. The maximum Gasteiger partial charge on any atom is 0.146 e. The molecule has 0 amide bonds. The molecule has 166 valence electrons. The standard InChI is InChI=1S/C26H36N4O/c1-15(2)27-25(28-16(3)4)21-13-9-11-19-20-12-10-14-22(24(20)31-23(19)21)26(29-17(5)6)30-18(7)8/h9-18H,1-8H3,(H,27,28)(H,29,30). The van der Waals surface area contributed by atoms with Crippen LogP contribution in [0.1, 0.15) is 66.5 Å². The number of furan rings is 1. The summed E-state index contributed by atoms with van der Waals surface area (Å²) in [4.78, 5) is 9.71. The van der Waals surface area contributed by atoms with Gasteiger partial charge in [0.1, 0.15) is 22.8 Å². The predicted molar refractivity (Wildman–Crippen MR) is 134 cm³/mol. The van der Waals surface area contributed by atoms with Crippen molar-refractivity contribution in [3.63, 3.8) is 0 Å². The van der Waals surface area contributed by atoms with E-state index in [1.807, 2.05) is 0 Å². The van der Waals surface area contributed by atoms with Gasteiger partial charge in [0.25, 0.3) is 0 Å². The van der Waals surface area contributed by atoms with Crippen molar-refractivity contribution in [2.24, 2.45) is 9.98 Å². The van der Waals surface area contributed by atoms with Crippen molar-refractivity contribution in [3.05, 3.63) is 47.5 Å². The molecule has 1 aromatic heterocycles. The minimum absolute atomic E-state index is 0.177. The molecule has 2 aromatic carbocycles. The third-order valence-corrected chi connectivity index (χ3v) is 4.66. The summed E-state index contributed by atoms with van der Waals surface area (Å²) < 4.78 is 6.56. The number of nitrogens with one attached hydrogen (secondary N) is 2. The van der Waals surface area contributed by atoms with Crippen LogP contribution >= 0.6 is 0 Å². The highest BCUT2D eigenvalue weighted by Gasteiger charge is 2.19. The van der Waals surface area contributed by atoms with Crippen LogP contribution < -0.4 is 10.6 Å². The minimum Gasteiger partial charge on any atom is -0.455 e. The third kappa shape index (κ3) is 5.27. The van der Waals surface area contributed by atoms with Gasteiger partial charge < -0.3 is 15.1 Å². The third-order valence-electron chi connectivity index (χ3n) is 4.66. The summed E-state index contributed by atoms with van der Waals surface area (Å²) >= 11 is 0. The average molecular weight is 421 g/mol. The molecule has 31 heavy (non-hydrogen) atoms. The van der Waals surface area contributed by atoms with Crippen LogP contribution in [0.25, 0.3) is 21.9 Å². The Balaban J connectivity index is 2.28. The molecule has 0 aliphatic rings. The summed E-state index contributed by atoms with van der Waals surface area (Å²) in [5, 5.41) is 9.19. The minimum atomic E-state index is 0.177. The van der Waals surface area contributed by atoms with Crippen molar-refractivity contribution in [1.29, 1.82) is 0 Å². The van der Waals surface area contributed by atoms with E-state index in [1.165, 1.54) is 0 Å². The Morgan fingerprint density at radius 1 is 0.645 bits per heavy atom.